The van der Waals surface area contributed by atoms with Crippen LogP contribution in [0.2, 0.25) is 0 Å². The fraction of sp³-hybridized carbons (Fsp3) is 0.882. The van der Waals surface area contributed by atoms with Gasteiger partial charge in [0, 0.05) is 6.61 Å². The number of halogens is 1. The predicted octanol–water partition coefficient (Wildman–Crippen LogP) is 6.97. The number of H-pyrrole nitrogens is 1. The van der Waals surface area contributed by atoms with Gasteiger partial charge < -0.3 is 24.6 Å². The molecule has 1 saturated heterocycles. The van der Waals surface area contributed by atoms with Crippen LogP contribution in [0.5, 0.6) is 0 Å². The van der Waals surface area contributed by atoms with E-state index in [1.807, 2.05) is 0 Å². The summed E-state index contributed by atoms with van der Waals surface area (Å²) in [7, 11) is -10.2. The molecule has 0 bridgehead atoms. The van der Waals surface area contributed by atoms with Crippen LogP contribution in [0.4, 0.5) is 4.39 Å². The van der Waals surface area contributed by atoms with E-state index in [2.05, 4.69) is 13.8 Å². The summed E-state index contributed by atoms with van der Waals surface area (Å²) in [4.78, 5) is 41.0. The van der Waals surface area contributed by atoms with E-state index in [1.165, 1.54) is 44.9 Å². The third kappa shape index (κ3) is 18.0. The van der Waals surface area contributed by atoms with Crippen LogP contribution in [0.3, 0.4) is 0 Å². The minimum Gasteiger partial charge on any atom is -0.387 e. The number of nitrogens with one attached hydrogen (secondary N) is 1. The summed E-state index contributed by atoms with van der Waals surface area (Å²) in [5.74, 6) is -1.35. The Kier molecular flexibility index (Phi) is 23.2. The summed E-state index contributed by atoms with van der Waals surface area (Å²) >= 11 is 0. The van der Waals surface area contributed by atoms with Crippen LogP contribution in [0.1, 0.15) is 143 Å². The fourth-order valence-corrected chi connectivity index (χ4v) is 8.30. The maximum Gasteiger partial charge on any atom is 0.508 e. The molecular formula is C34H63FN2O14P2. The van der Waals surface area contributed by atoms with E-state index in [1.54, 1.807) is 18.8 Å². The molecule has 1 aliphatic heterocycles. The summed E-state index contributed by atoms with van der Waals surface area (Å²) in [5, 5.41) is 21.0. The van der Waals surface area contributed by atoms with Gasteiger partial charge in [0.05, 0.1) is 25.5 Å². The zero-order valence-corrected chi connectivity index (χ0v) is 33.5. The smallest absolute Gasteiger partial charge is 0.387 e. The van der Waals surface area contributed by atoms with Crippen molar-refractivity contribution in [3.8, 4) is 0 Å². The normalized spacial score (nSPS) is 22.4. The Morgan fingerprint density at radius 1 is 0.849 bits per heavy atom. The SMILES string of the molecule is CCCCCCCCCCCCOC(CCCCCCC)C(C)OOP(=O)(O)OP(=O)(OCCC)OC[C@H]1O[C@@H](n2cc(F)c(=O)[nH]c2=O)[C@H](O)[C@@H]1O. The van der Waals surface area contributed by atoms with Gasteiger partial charge in [0.15, 0.2) is 6.23 Å². The Morgan fingerprint density at radius 3 is 2.04 bits per heavy atom. The van der Waals surface area contributed by atoms with E-state index in [0.717, 1.165) is 51.4 Å². The van der Waals surface area contributed by atoms with Crippen LogP contribution in [-0.4, -0.2) is 75.0 Å². The van der Waals surface area contributed by atoms with Gasteiger partial charge in [-0.3, -0.25) is 23.4 Å². The highest BCUT2D eigenvalue weighted by Crippen LogP contribution is 2.64. The molecule has 2 heterocycles. The molecule has 8 atom stereocenters. The summed E-state index contributed by atoms with van der Waals surface area (Å²) in [6.45, 7) is 7.03. The minimum absolute atomic E-state index is 0.243. The fourth-order valence-electron chi connectivity index (χ4n) is 5.75. The zero-order valence-electron chi connectivity index (χ0n) is 31.7. The first-order valence-corrected chi connectivity index (χ1v) is 22.2. The van der Waals surface area contributed by atoms with Crippen LogP contribution in [0, 0.1) is 5.82 Å². The highest BCUT2D eigenvalue weighted by atomic mass is 31.3. The Morgan fingerprint density at radius 2 is 1.43 bits per heavy atom. The second-order valence-electron chi connectivity index (χ2n) is 13.5. The van der Waals surface area contributed by atoms with Crippen LogP contribution in [-0.2, 0) is 41.5 Å². The van der Waals surface area contributed by atoms with Crippen molar-refractivity contribution in [2.24, 2.45) is 0 Å². The van der Waals surface area contributed by atoms with Gasteiger partial charge in [0.2, 0.25) is 5.82 Å². The van der Waals surface area contributed by atoms with Gasteiger partial charge in [0.1, 0.15) is 24.4 Å². The molecule has 2 rings (SSSR count). The average molecular weight is 805 g/mol. The van der Waals surface area contributed by atoms with E-state index >= 15 is 0 Å². The molecule has 0 radical (unpaired) electrons. The summed E-state index contributed by atoms with van der Waals surface area (Å²) in [5.41, 5.74) is -2.43. The van der Waals surface area contributed by atoms with E-state index in [4.69, 9.17) is 32.4 Å². The zero-order chi connectivity index (χ0) is 39.3. The van der Waals surface area contributed by atoms with E-state index in [9.17, 15) is 38.2 Å². The molecular weight excluding hydrogens is 741 g/mol. The lowest BCUT2D eigenvalue weighted by Gasteiger charge is -2.25. The Bertz CT molecular complexity index is 1370. The number of hydrogen-bond donors (Lipinski definition) is 4. The van der Waals surface area contributed by atoms with E-state index < -0.39 is 76.1 Å². The standard InChI is InChI=1S/C34H63FN2O14P2/c1-5-8-10-12-13-14-15-16-18-20-23-45-28(21-19-17-11-9-6-2)26(4)49-50-52(42,43)51-53(44,46-22-7-3)47-25-29-30(38)31(39)33(48-29)37-24-27(35)32(40)36-34(37)41/h24,26,28-31,33,38-39H,5-23,25H2,1-4H3,(H,42,43)(H,36,40,41)/t26?,28?,29-,30-,31-,33-,53?/m1/s1. The molecule has 310 valence electrons. The number of aliphatic hydroxyl groups is 2. The third-order valence-electron chi connectivity index (χ3n) is 8.82. The molecule has 4 N–H and O–H groups in total. The average Bonchev–Trinajstić information content (AvgIpc) is 3.40. The van der Waals surface area contributed by atoms with Crippen molar-refractivity contribution in [2.45, 2.75) is 174 Å². The van der Waals surface area contributed by atoms with Gasteiger partial charge >= 0.3 is 21.3 Å². The molecule has 0 saturated carbocycles. The number of phosphoric acid groups is 2. The predicted molar refractivity (Wildman–Crippen MR) is 195 cm³/mol. The van der Waals surface area contributed by atoms with Gasteiger partial charge in [0.25, 0.3) is 5.56 Å². The first kappa shape index (κ1) is 47.8. The van der Waals surface area contributed by atoms with Gasteiger partial charge in [-0.05, 0) is 26.2 Å². The lowest BCUT2D eigenvalue weighted by molar-refractivity contribution is -0.276. The number of rotatable bonds is 31. The molecule has 0 spiro atoms. The number of aromatic nitrogens is 2. The molecule has 53 heavy (non-hydrogen) atoms. The van der Waals surface area contributed by atoms with Crippen LogP contribution in [0.25, 0.3) is 0 Å². The molecule has 0 amide bonds. The number of unbranched alkanes of at least 4 members (excludes halogenated alkanes) is 13. The summed E-state index contributed by atoms with van der Waals surface area (Å²) in [6.07, 6.45) is 10.3. The van der Waals surface area contributed by atoms with Crippen LogP contribution < -0.4 is 11.2 Å². The van der Waals surface area contributed by atoms with Crippen LogP contribution in [0.15, 0.2) is 15.8 Å². The van der Waals surface area contributed by atoms with Crippen LogP contribution >= 0.6 is 15.6 Å². The van der Waals surface area contributed by atoms with Gasteiger partial charge in [-0.1, -0.05) is 111 Å². The number of aromatic amines is 1. The lowest BCUT2D eigenvalue weighted by Crippen LogP contribution is -2.38. The first-order valence-electron chi connectivity index (χ1n) is 19.2. The van der Waals surface area contributed by atoms with Crippen molar-refractivity contribution < 1.29 is 61.0 Å². The van der Waals surface area contributed by atoms with Gasteiger partial charge in [-0.2, -0.15) is 8.70 Å². The quantitative estimate of drug-likeness (QED) is 0.0258. The molecule has 1 aliphatic rings. The lowest BCUT2D eigenvalue weighted by atomic mass is 10.0. The van der Waals surface area contributed by atoms with E-state index in [0.29, 0.717) is 30.2 Å². The maximum atomic E-state index is 13.8. The molecule has 1 aromatic rings. The maximum absolute atomic E-state index is 13.8. The minimum atomic E-state index is -5.28. The number of ether oxygens (including phenoxy) is 2. The monoisotopic (exact) mass is 804 g/mol. The largest absolute Gasteiger partial charge is 0.508 e. The third-order valence-corrected chi connectivity index (χ3v) is 11.7. The molecule has 16 nitrogen and oxygen atoms in total. The summed E-state index contributed by atoms with van der Waals surface area (Å²) in [6, 6.07) is 0. The molecule has 1 fully saturated rings. The van der Waals surface area contributed by atoms with Crippen molar-refractivity contribution in [3.05, 3.63) is 32.9 Å². The molecule has 19 heteroatoms. The number of phosphoric ester groups is 1. The van der Waals surface area contributed by atoms with Crippen molar-refractivity contribution in [3.63, 3.8) is 0 Å². The Balaban J connectivity index is 1.95. The second kappa shape index (κ2) is 25.8. The highest BCUT2D eigenvalue weighted by Gasteiger charge is 2.47. The molecule has 1 aromatic heterocycles. The number of nitrogens with zero attached hydrogens (tertiary/aromatic N) is 1. The first-order chi connectivity index (χ1) is 25.3. The Hall–Kier alpha value is -1.33. The van der Waals surface area contributed by atoms with Crippen molar-refractivity contribution in [1.29, 1.82) is 0 Å². The highest BCUT2D eigenvalue weighted by molar-refractivity contribution is 7.61. The van der Waals surface area contributed by atoms with Crippen molar-refractivity contribution >= 4 is 15.6 Å². The molecule has 0 aromatic carbocycles. The van der Waals surface area contributed by atoms with E-state index in [-0.39, 0.29) is 6.61 Å². The molecule has 4 unspecified atom stereocenters. The van der Waals surface area contributed by atoms with Gasteiger partial charge in [-0.25, -0.2) is 18.8 Å². The molecule has 0 aliphatic carbocycles. The van der Waals surface area contributed by atoms with Gasteiger partial charge in [-0.15, -0.1) is 4.67 Å². The number of aliphatic hydroxyl groups excluding tert-OH is 2. The van der Waals surface area contributed by atoms with Crippen molar-refractivity contribution in [1.82, 2.24) is 9.55 Å². The van der Waals surface area contributed by atoms with Crippen molar-refractivity contribution in [2.75, 3.05) is 19.8 Å². The summed E-state index contributed by atoms with van der Waals surface area (Å²) < 4.78 is 72.3. The number of hydrogen-bond acceptors (Lipinski definition) is 13. The topological polar surface area (TPSA) is 214 Å². The Labute approximate surface area is 312 Å². The second-order valence-corrected chi connectivity index (χ2v) is 16.6.